The molecule has 0 heteroatoms. The van der Waals surface area contributed by atoms with Gasteiger partial charge in [0.1, 0.15) is 0 Å². The predicted octanol–water partition coefficient (Wildman–Crippen LogP) is 4.68. The van der Waals surface area contributed by atoms with Crippen LogP contribution in [0, 0.1) is 18.3 Å². The minimum atomic E-state index is 0.939. The van der Waals surface area contributed by atoms with Crippen LogP contribution in [0.2, 0.25) is 0 Å². The van der Waals surface area contributed by atoms with E-state index in [1.165, 1.54) is 32.1 Å². The van der Waals surface area contributed by atoms with Crippen LogP contribution in [0.5, 0.6) is 0 Å². The minimum Gasteiger partial charge on any atom is -0.0651 e. The summed E-state index contributed by atoms with van der Waals surface area (Å²) < 4.78 is 0. The fourth-order valence-corrected chi connectivity index (χ4v) is 3.11. The molecule has 0 heterocycles. The Labute approximate surface area is 94.5 Å². The van der Waals surface area contributed by atoms with Gasteiger partial charge >= 0.3 is 0 Å². The smallest absolute Gasteiger partial charge is 0.0119 e. The van der Waals surface area contributed by atoms with E-state index in [2.05, 4.69) is 33.3 Å². The van der Waals surface area contributed by atoms with Crippen LogP contribution in [0.3, 0.4) is 0 Å². The van der Waals surface area contributed by atoms with Crippen molar-refractivity contribution in [1.82, 2.24) is 0 Å². The molecule has 2 aliphatic carbocycles. The van der Waals surface area contributed by atoms with Crippen molar-refractivity contribution in [1.29, 1.82) is 0 Å². The van der Waals surface area contributed by atoms with Gasteiger partial charge in [0.15, 0.2) is 0 Å². The van der Waals surface area contributed by atoms with Crippen molar-refractivity contribution < 1.29 is 0 Å². The van der Waals surface area contributed by atoms with Gasteiger partial charge in [0.05, 0.1) is 0 Å². The van der Waals surface area contributed by atoms with Crippen LogP contribution < -0.4 is 0 Å². The first-order valence-corrected chi connectivity index (χ1v) is 6.55. The molecular formula is C15H23. The van der Waals surface area contributed by atoms with Gasteiger partial charge < -0.3 is 0 Å². The van der Waals surface area contributed by atoms with E-state index in [1.54, 1.807) is 16.7 Å². The molecule has 0 nitrogen and oxygen atoms in total. The number of hydrogen-bond acceptors (Lipinski definition) is 0. The maximum Gasteiger partial charge on any atom is 0.0119 e. The van der Waals surface area contributed by atoms with Crippen LogP contribution in [0.1, 0.15) is 52.9 Å². The summed E-state index contributed by atoms with van der Waals surface area (Å²) in [4.78, 5) is 0. The van der Waals surface area contributed by atoms with Crippen LogP contribution in [0.15, 0.2) is 22.8 Å². The largest absolute Gasteiger partial charge is 0.0651 e. The highest BCUT2D eigenvalue weighted by Gasteiger charge is 2.29. The summed E-state index contributed by atoms with van der Waals surface area (Å²) in [6, 6.07) is 0. The Hall–Kier alpha value is -0.520. The lowest BCUT2D eigenvalue weighted by molar-refractivity contribution is 0.294. The molecule has 0 saturated heterocycles. The second-order valence-corrected chi connectivity index (χ2v) is 5.01. The van der Waals surface area contributed by atoms with Gasteiger partial charge in [-0.05, 0) is 36.7 Å². The van der Waals surface area contributed by atoms with E-state index in [9.17, 15) is 0 Å². The van der Waals surface area contributed by atoms with Gasteiger partial charge in [-0.1, -0.05) is 50.8 Å². The second kappa shape index (κ2) is 4.55. The van der Waals surface area contributed by atoms with E-state index >= 15 is 0 Å². The van der Waals surface area contributed by atoms with Crippen LogP contribution >= 0.6 is 0 Å². The molecule has 2 unspecified atom stereocenters. The van der Waals surface area contributed by atoms with Crippen molar-refractivity contribution in [2.24, 2.45) is 11.8 Å². The second-order valence-electron chi connectivity index (χ2n) is 5.01. The fraction of sp³-hybridized carbons (Fsp3) is 0.667. The van der Waals surface area contributed by atoms with Gasteiger partial charge in [0, 0.05) is 6.42 Å². The highest BCUT2D eigenvalue weighted by Crippen LogP contribution is 2.43. The lowest BCUT2D eigenvalue weighted by Crippen LogP contribution is -2.19. The summed E-state index contributed by atoms with van der Waals surface area (Å²) in [5, 5.41) is 0. The fourth-order valence-electron chi connectivity index (χ4n) is 3.11. The van der Waals surface area contributed by atoms with Gasteiger partial charge in [-0.3, -0.25) is 0 Å². The van der Waals surface area contributed by atoms with Crippen molar-refractivity contribution in [3.8, 4) is 0 Å². The Morgan fingerprint density at radius 3 is 2.13 bits per heavy atom. The molecule has 0 fully saturated rings. The van der Waals surface area contributed by atoms with E-state index in [0.29, 0.717) is 0 Å². The molecule has 0 saturated carbocycles. The molecule has 0 bridgehead atoms. The molecule has 15 heavy (non-hydrogen) atoms. The zero-order chi connectivity index (χ0) is 10.8. The molecule has 83 valence electrons. The first kappa shape index (κ1) is 11.0. The molecule has 1 radical (unpaired) electrons. The van der Waals surface area contributed by atoms with Crippen molar-refractivity contribution >= 4 is 0 Å². The van der Waals surface area contributed by atoms with Crippen LogP contribution in [-0.2, 0) is 0 Å². The molecule has 0 N–H and O–H groups in total. The molecular weight excluding hydrogens is 180 g/mol. The van der Waals surface area contributed by atoms with Crippen molar-refractivity contribution in [2.75, 3.05) is 0 Å². The van der Waals surface area contributed by atoms with E-state index in [1.807, 2.05) is 0 Å². The summed E-state index contributed by atoms with van der Waals surface area (Å²) in [5.41, 5.74) is 4.86. The molecule has 2 aliphatic rings. The van der Waals surface area contributed by atoms with Crippen LogP contribution in [0.4, 0.5) is 0 Å². The van der Waals surface area contributed by atoms with E-state index in [-0.39, 0.29) is 0 Å². The number of hydrogen-bond donors (Lipinski definition) is 0. The number of rotatable bonds is 3. The van der Waals surface area contributed by atoms with E-state index in [4.69, 9.17) is 0 Å². The predicted molar refractivity (Wildman–Crippen MR) is 66.5 cm³/mol. The minimum absolute atomic E-state index is 0.939. The third-order valence-corrected chi connectivity index (χ3v) is 4.22. The Balaban J connectivity index is 2.11. The Morgan fingerprint density at radius 2 is 1.60 bits per heavy atom. The Kier molecular flexibility index (Phi) is 3.33. The van der Waals surface area contributed by atoms with Crippen molar-refractivity contribution in [2.45, 2.75) is 52.9 Å². The standard InChI is InChI=1S/C15H23/c1-4-11-7-14-9-12(5-2)13(6-3)10-15(14)8-11/h7-8,12-13H,4-6,9-10H2,1-3H3. The SMILES string of the molecule is CCC1=CC2=C([CH]1)CC(CC)C(CC)C2. The van der Waals surface area contributed by atoms with Gasteiger partial charge in [0.25, 0.3) is 0 Å². The molecule has 2 atom stereocenters. The van der Waals surface area contributed by atoms with Crippen LogP contribution in [-0.4, -0.2) is 0 Å². The average molecular weight is 203 g/mol. The number of allylic oxidation sites excluding steroid dienone is 4. The topological polar surface area (TPSA) is 0 Å². The molecule has 0 amide bonds. The van der Waals surface area contributed by atoms with E-state index in [0.717, 1.165) is 11.8 Å². The maximum absolute atomic E-state index is 2.45. The molecule has 0 aromatic carbocycles. The lowest BCUT2D eigenvalue weighted by atomic mass is 9.74. The van der Waals surface area contributed by atoms with Crippen molar-refractivity contribution in [3.05, 3.63) is 29.2 Å². The quantitative estimate of drug-likeness (QED) is 0.624. The Bertz CT molecular complexity index is 293. The molecule has 0 spiro atoms. The van der Waals surface area contributed by atoms with Gasteiger partial charge in [0.2, 0.25) is 0 Å². The summed E-state index contributed by atoms with van der Waals surface area (Å²) in [5.74, 6) is 1.88. The summed E-state index contributed by atoms with van der Waals surface area (Å²) in [6.45, 7) is 6.96. The average Bonchev–Trinajstić information content (AvgIpc) is 2.68. The van der Waals surface area contributed by atoms with Crippen molar-refractivity contribution in [3.63, 3.8) is 0 Å². The molecule has 0 aromatic rings. The third kappa shape index (κ3) is 2.04. The molecule has 2 rings (SSSR count). The Morgan fingerprint density at radius 1 is 1.00 bits per heavy atom. The normalized spacial score (nSPS) is 30.5. The van der Waals surface area contributed by atoms with Gasteiger partial charge in [-0.15, -0.1) is 0 Å². The monoisotopic (exact) mass is 203 g/mol. The zero-order valence-corrected chi connectivity index (χ0v) is 10.3. The molecule has 0 aliphatic heterocycles. The molecule has 0 aromatic heterocycles. The summed E-state index contributed by atoms with van der Waals surface area (Å²) in [7, 11) is 0. The maximum atomic E-state index is 2.45. The zero-order valence-electron chi connectivity index (χ0n) is 10.3. The van der Waals surface area contributed by atoms with Gasteiger partial charge in [-0.25, -0.2) is 0 Å². The first-order valence-electron chi connectivity index (χ1n) is 6.55. The highest BCUT2D eigenvalue weighted by molar-refractivity contribution is 5.49. The van der Waals surface area contributed by atoms with Gasteiger partial charge in [-0.2, -0.15) is 0 Å². The third-order valence-electron chi connectivity index (χ3n) is 4.22. The van der Waals surface area contributed by atoms with Crippen LogP contribution in [0.25, 0.3) is 0 Å². The first-order chi connectivity index (χ1) is 7.28. The summed E-state index contributed by atoms with van der Waals surface area (Å²) in [6.07, 6.45) is 11.5. The highest BCUT2D eigenvalue weighted by atomic mass is 14.3. The lowest BCUT2D eigenvalue weighted by Gasteiger charge is -2.31. The summed E-state index contributed by atoms with van der Waals surface area (Å²) >= 11 is 0. The van der Waals surface area contributed by atoms with E-state index < -0.39 is 0 Å².